The van der Waals surface area contributed by atoms with Gasteiger partial charge in [0.25, 0.3) is 0 Å². The Balaban J connectivity index is 2.92. The fourth-order valence-corrected chi connectivity index (χ4v) is 2.12. The maximum Gasteiger partial charge on any atom is 0.126 e. The van der Waals surface area contributed by atoms with Crippen LogP contribution in [-0.4, -0.2) is 6.29 Å². The summed E-state index contributed by atoms with van der Waals surface area (Å²) in [7, 11) is 0. The van der Waals surface area contributed by atoms with E-state index in [0.29, 0.717) is 0 Å². The highest BCUT2D eigenvalue weighted by Crippen LogP contribution is 2.50. The molecule has 0 bridgehead atoms. The molecule has 1 saturated carbocycles. The van der Waals surface area contributed by atoms with E-state index in [1.54, 1.807) is 0 Å². The average molecular weight is 166 g/mol. The predicted molar refractivity (Wildman–Crippen MR) is 50.9 cm³/mol. The van der Waals surface area contributed by atoms with Gasteiger partial charge in [-0.05, 0) is 18.3 Å². The highest BCUT2D eigenvalue weighted by atomic mass is 16.1. The van der Waals surface area contributed by atoms with Crippen LogP contribution in [0.3, 0.4) is 0 Å². The van der Waals surface area contributed by atoms with Crippen LogP contribution in [0, 0.1) is 10.8 Å². The molecule has 0 heterocycles. The van der Waals surface area contributed by atoms with E-state index in [1.165, 1.54) is 12.8 Å². The number of carbonyl (C=O) groups excluding carboxylic acids is 1. The van der Waals surface area contributed by atoms with Crippen molar-refractivity contribution in [2.24, 2.45) is 10.8 Å². The molecule has 0 aliphatic heterocycles. The highest BCUT2D eigenvalue weighted by molar-refractivity contribution is 5.62. The van der Waals surface area contributed by atoms with Gasteiger partial charge < -0.3 is 4.79 Å². The van der Waals surface area contributed by atoms with Gasteiger partial charge in [0.2, 0.25) is 0 Å². The van der Waals surface area contributed by atoms with Crippen LogP contribution in [0.1, 0.15) is 39.5 Å². The van der Waals surface area contributed by atoms with Crippen molar-refractivity contribution in [3.8, 4) is 0 Å². The quantitative estimate of drug-likeness (QED) is 0.465. The minimum Gasteiger partial charge on any atom is -0.303 e. The van der Waals surface area contributed by atoms with Crippen LogP contribution >= 0.6 is 0 Å². The third-order valence-electron chi connectivity index (χ3n) is 3.51. The van der Waals surface area contributed by atoms with Gasteiger partial charge in [0.15, 0.2) is 0 Å². The Labute approximate surface area is 74.9 Å². The van der Waals surface area contributed by atoms with Gasteiger partial charge in [-0.2, -0.15) is 0 Å². The summed E-state index contributed by atoms with van der Waals surface area (Å²) in [6.07, 6.45) is 7.53. The summed E-state index contributed by atoms with van der Waals surface area (Å²) in [4.78, 5) is 11.1. The second-order valence-corrected chi connectivity index (χ2v) is 4.41. The SMILES string of the molecule is C=CC(C)(C)C1(C=O)CCCC1. The van der Waals surface area contributed by atoms with Crippen LogP contribution in [0.5, 0.6) is 0 Å². The van der Waals surface area contributed by atoms with Gasteiger partial charge in [0, 0.05) is 5.41 Å². The maximum absolute atomic E-state index is 11.1. The van der Waals surface area contributed by atoms with Gasteiger partial charge in [0.1, 0.15) is 6.29 Å². The molecule has 1 fully saturated rings. The standard InChI is InChI=1S/C11H18O/c1-4-10(2,3)11(9-12)7-5-6-8-11/h4,9H,1,5-8H2,2-3H3. The Kier molecular flexibility index (Phi) is 2.41. The van der Waals surface area contributed by atoms with Crippen molar-refractivity contribution in [2.75, 3.05) is 0 Å². The number of hydrogen-bond donors (Lipinski definition) is 0. The van der Waals surface area contributed by atoms with Crippen LogP contribution in [0.2, 0.25) is 0 Å². The summed E-state index contributed by atoms with van der Waals surface area (Å²) in [6.45, 7) is 8.03. The summed E-state index contributed by atoms with van der Waals surface area (Å²) in [5, 5.41) is 0. The van der Waals surface area contributed by atoms with Crippen molar-refractivity contribution in [3.63, 3.8) is 0 Å². The lowest BCUT2D eigenvalue weighted by atomic mass is 9.65. The summed E-state index contributed by atoms with van der Waals surface area (Å²) in [5.74, 6) is 0. The van der Waals surface area contributed by atoms with Gasteiger partial charge in [-0.3, -0.25) is 0 Å². The number of aldehydes is 1. The molecular weight excluding hydrogens is 148 g/mol. The van der Waals surface area contributed by atoms with Gasteiger partial charge in [-0.1, -0.05) is 32.8 Å². The van der Waals surface area contributed by atoms with E-state index in [0.717, 1.165) is 19.1 Å². The van der Waals surface area contributed by atoms with Crippen LogP contribution in [0.15, 0.2) is 12.7 Å². The van der Waals surface area contributed by atoms with E-state index < -0.39 is 0 Å². The number of carbonyl (C=O) groups is 1. The minimum atomic E-state index is -0.116. The molecule has 68 valence electrons. The zero-order valence-corrected chi connectivity index (χ0v) is 8.10. The molecular formula is C11H18O. The van der Waals surface area contributed by atoms with Crippen molar-refractivity contribution < 1.29 is 4.79 Å². The molecule has 0 N–H and O–H groups in total. The molecule has 0 atom stereocenters. The molecule has 1 rings (SSSR count). The van der Waals surface area contributed by atoms with Gasteiger partial charge in [0.05, 0.1) is 0 Å². The van der Waals surface area contributed by atoms with Crippen LogP contribution in [0.25, 0.3) is 0 Å². The van der Waals surface area contributed by atoms with Crippen molar-refractivity contribution in [2.45, 2.75) is 39.5 Å². The molecule has 1 nitrogen and oxygen atoms in total. The molecule has 12 heavy (non-hydrogen) atoms. The van der Waals surface area contributed by atoms with E-state index in [-0.39, 0.29) is 10.8 Å². The summed E-state index contributed by atoms with van der Waals surface area (Å²) >= 11 is 0. The second-order valence-electron chi connectivity index (χ2n) is 4.41. The minimum absolute atomic E-state index is 0.0365. The Morgan fingerprint density at radius 2 is 1.83 bits per heavy atom. The fourth-order valence-electron chi connectivity index (χ4n) is 2.12. The molecule has 0 aromatic heterocycles. The normalized spacial score (nSPS) is 22.2. The number of rotatable bonds is 3. The van der Waals surface area contributed by atoms with Gasteiger partial charge in [-0.15, -0.1) is 6.58 Å². The first-order chi connectivity index (χ1) is 5.58. The lowest BCUT2D eigenvalue weighted by Crippen LogP contribution is -2.35. The molecule has 0 unspecified atom stereocenters. The Bertz CT molecular complexity index is 185. The van der Waals surface area contributed by atoms with Crippen LogP contribution < -0.4 is 0 Å². The third-order valence-corrected chi connectivity index (χ3v) is 3.51. The fraction of sp³-hybridized carbons (Fsp3) is 0.727. The van der Waals surface area contributed by atoms with Crippen molar-refractivity contribution in [3.05, 3.63) is 12.7 Å². The van der Waals surface area contributed by atoms with E-state index in [9.17, 15) is 4.79 Å². The molecule has 0 radical (unpaired) electrons. The topological polar surface area (TPSA) is 17.1 Å². The predicted octanol–water partition coefficient (Wildman–Crippen LogP) is 2.96. The zero-order valence-electron chi connectivity index (χ0n) is 8.10. The van der Waals surface area contributed by atoms with Crippen LogP contribution in [-0.2, 0) is 4.79 Å². The molecule has 0 aromatic rings. The monoisotopic (exact) mass is 166 g/mol. The second kappa shape index (κ2) is 3.04. The number of hydrogen-bond acceptors (Lipinski definition) is 1. The largest absolute Gasteiger partial charge is 0.303 e. The van der Waals surface area contributed by atoms with Gasteiger partial charge in [-0.25, -0.2) is 0 Å². The molecule has 1 aliphatic rings. The first-order valence-electron chi connectivity index (χ1n) is 4.68. The van der Waals surface area contributed by atoms with Crippen LogP contribution in [0.4, 0.5) is 0 Å². The first kappa shape index (κ1) is 9.50. The van der Waals surface area contributed by atoms with Crippen molar-refractivity contribution in [1.29, 1.82) is 0 Å². The van der Waals surface area contributed by atoms with Crippen molar-refractivity contribution >= 4 is 6.29 Å². The lowest BCUT2D eigenvalue weighted by Gasteiger charge is -2.37. The Morgan fingerprint density at radius 3 is 2.17 bits per heavy atom. The average Bonchev–Trinajstić information content (AvgIpc) is 2.53. The first-order valence-corrected chi connectivity index (χ1v) is 4.68. The molecule has 1 heteroatoms. The van der Waals surface area contributed by atoms with Gasteiger partial charge >= 0.3 is 0 Å². The van der Waals surface area contributed by atoms with E-state index in [4.69, 9.17) is 0 Å². The molecule has 0 amide bonds. The van der Waals surface area contributed by atoms with E-state index in [1.807, 2.05) is 6.08 Å². The lowest BCUT2D eigenvalue weighted by molar-refractivity contribution is -0.120. The number of allylic oxidation sites excluding steroid dienone is 1. The van der Waals surface area contributed by atoms with E-state index >= 15 is 0 Å². The summed E-state index contributed by atoms with van der Waals surface area (Å²) < 4.78 is 0. The smallest absolute Gasteiger partial charge is 0.126 e. The maximum atomic E-state index is 11.1. The highest BCUT2D eigenvalue weighted by Gasteiger charge is 2.44. The Morgan fingerprint density at radius 1 is 1.33 bits per heavy atom. The molecule has 0 saturated heterocycles. The molecule has 0 aromatic carbocycles. The molecule has 0 spiro atoms. The van der Waals surface area contributed by atoms with Crippen molar-refractivity contribution in [1.82, 2.24) is 0 Å². The Hall–Kier alpha value is -0.590. The summed E-state index contributed by atoms with van der Waals surface area (Å²) in [6, 6.07) is 0. The summed E-state index contributed by atoms with van der Waals surface area (Å²) in [5.41, 5.74) is -0.153. The van der Waals surface area contributed by atoms with E-state index in [2.05, 4.69) is 20.4 Å². The zero-order chi connectivity index (χ0) is 9.24. The third kappa shape index (κ3) is 1.21. The molecule has 1 aliphatic carbocycles.